The first-order valence-electron chi connectivity index (χ1n) is 6.79. The highest BCUT2D eigenvalue weighted by atomic mass is 16.5. The number of nitrogens with zero attached hydrogens (tertiary/aromatic N) is 3. The average molecular weight is 310 g/mol. The Kier molecular flexibility index (Phi) is 4.18. The number of esters is 1. The number of hydrogen-bond donors (Lipinski definition) is 1. The van der Waals surface area contributed by atoms with Crippen LogP contribution in [0.15, 0.2) is 9.59 Å². The lowest BCUT2D eigenvalue weighted by Crippen LogP contribution is -2.49. The fourth-order valence-corrected chi connectivity index (χ4v) is 2.48. The molecule has 1 aromatic rings. The highest BCUT2D eigenvalue weighted by Gasteiger charge is 2.34. The van der Waals surface area contributed by atoms with Crippen molar-refractivity contribution < 1.29 is 14.3 Å². The molecule has 2 rings (SSSR count). The van der Waals surface area contributed by atoms with Crippen LogP contribution in [0.25, 0.3) is 0 Å². The van der Waals surface area contributed by atoms with Gasteiger partial charge in [0.1, 0.15) is 17.4 Å². The third-order valence-corrected chi connectivity index (χ3v) is 3.54. The van der Waals surface area contributed by atoms with Gasteiger partial charge >= 0.3 is 11.7 Å². The largest absolute Gasteiger partial charge is 0.465 e. The SMILES string of the molecule is CCOC(=O)C1CC(=O)c2c(n(C)c(=O)n(C)c2=O)N(C)N1. The van der Waals surface area contributed by atoms with E-state index >= 15 is 0 Å². The predicted molar refractivity (Wildman–Crippen MR) is 77.8 cm³/mol. The van der Waals surface area contributed by atoms with Gasteiger partial charge in [-0.25, -0.2) is 10.2 Å². The van der Waals surface area contributed by atoms with Crippen molar-refractivity contribution in [2.75, 3.05) is 18.7 Å². The molecule has 0 spiro atoms. The molecule has 0 saturated carbocycles. The van der Waals surface area contributed by atoms with Crippen LogP contribution in [-0.4, -0.2) is 40.6 Å². The van der Waals surface area contributed by atoms with Gasteiger partial charge in [-0.05, 0) is 6.92 Å². The van der Waals surface area contributed by atoms with Crippen LogP contribution in [0.1, 0.15) is 23.7 Å². The number of anilines is 1. The number of nitrogens with one attached hydrogen (secondary N) is 1. The molecule has 1 unspecified atom stereocenters. The van der Waals surface area contributed by atoms with E-state index in [0.717, 1.165) is 4.57 Å². The van der Waals surface area contributed by atoms with Gasteiger partial charge in [-0.2, -0.15) is 0 Å². The van der Waals surface area contributed by atoms with Crippen molar-refractivity contribution in [1.82, 2.24) is 14.6 Å². The molecule has 0 amide bonds. The minimum atomic E-state index is -0.912. The predicted octanol–water partition coefficient (Wildman–Crippen LogP) is -1.46. The van der Waals surface area contributed by atoms with Gasteiger partial charge in [0.05, 0.1) is 6.61 Å². The summed E-state index contributed by atoms with van der Waals surface area (Å²) in [5.41, 5.74) is 1.44. The fraction of sp³-hybridized carbons (Fsp3) is 0.538. The molecule has 9 nitrogen and oxygen atoms in total. The molecule has 1 aliphatic rings. The molecule has 9 heteroatoms. The standard InChI is InChI=1S/C13H18N4O5/c1-5-22-12(20)7-6-8(18)9-10(17(4)14-7)15(2)13(21)16(3)11(9)19/h7,14H,5-6H2,1-4H3. The molecule has 2 heterocycles. The summed E-state index contributed by atoms with van der Waals surface area (Å²) in [6, 6.07) is -0.912. The van der Waals surface area contributed by atoms with E-state index in [1.54, 1.807) is 6.92 Å². The molecule has 120 valence electrons. The second kappa shape index (κ2) is 5.76. The van der Waals surface area contributed by atoms with E-state index in [4.69, 9.17) is 4.74 Å². The van der Waals surface area contributed by atoms with Crippen molar-refractivity contribution in [2.45, 2.75) is 19.4 Å². The van der Waals surface area contributed by atoms with Gasteiger partial charge in [0, 0.05) is 27.6 Å². The van der Waals surface area contributed by atoms with Gasteiger partial charge in [-0.3, -0.25) is 28.5 Å². The number of hydrazine groups is 1. The van der Waals surface area contributed by atoms with Gasteiger partial charge in [0.25, 0.3) is 5.56 Å². The zero-order valence-electron chi connectivity index (χ0n) is 12.9. The van der Waals surface area contributed by atoms with Crippen molar-refractivity contribution in [2.24, 2.45) is 14.1 Å². The lowest BCUT2D eigenvalue weighted by Gasteiger charge is -2.24. The zero-order valence-corrected chi connectivity index (χ0v) is 12.9. The van der Waals surface area contributed by atoms with E-state index in [-0.39, 0.29) is 24.4 Å². The summed E-state index contributed by atoms with van der Waals surface area (Å²) in [7, 11) is 4.29. The van der Waals surface area contributed by atoms with Crippen LogP contribution >= 0.6 is 0 Å². The van der Waals surface area contributed by atoms with Gasteiger partial charge in [0.15, 0.2) is 5.78 Å². The van der Waals surface area contributed by atoms with E-state index in [1.807, 2.05) is 0 Å². The molecule has 1 N–H and O–H groups in total. The summed E-state index contributed by atoms with van der Waals surface area (Å²) >= 11 is 0. The van der Waals surface area contributed by atoms with Crippen molar-refractivity contribution in [3.63, 3.8) is 0 Å². The minimum Gasteiger partial charge on any atom is -0.465 e. The molecule has 1 atom stereocenters. The van der Waals surface area contributed by atoms with E-state index in [2.05, 4.69) is 5.43 Å². The van der Waals surface area contributed by atoms with Gasteiger partial charge in [-0.1, -0.05) is 0 Å². The minimum absolute atomic E-state index is 0.119. The molecule has 0 bridgehead atoms. The first-order chi connectivity index (χ1) is 10.3. The first-order valence-corrected chi connectivity index (χ1v) is 6.79. The highest BCUT2D eigenvalue weighted by Crippen LogP contribution is 2.19. The molecule has 1 aromatic heterocycles. The first kappa shape index (κ1) is 16.0. The topological polar surface area (TPSA) is 103 Å². The number of fused-ring (bicyclic) bond motifs is 1. The van der Waals surface area contributed by atoms with E-state index < -0.39 is 29.0 Å². The number of ether oxygens (including phenoxy) is 1. The van der Waals surface area contributed by atoms with E-state index in [0.29, 0.717) is 0 Å². The number of carbonyl (C=O) groups excluding carboxylic acids is 2. The maximum atomic E-state index is 12.4. The molecule has 0 aliphatic carbocycles. The molecule has 22 heavy (non-hydrogen) atoms. The fourth-order valence-electron chi connectivity index (χ4n) is 2.48. The van der Waals surface area contributed by atoms with Crippen LogP contribution in [0.5, 0.6) is 0 Å². The summed E-state index contributed by atoms with van der Waals surface area (Å²) in [5, 5.41) is 1.34. The van der Waals surface area contributed by atoms with Crippen molar-refractivity contribution >= 4 is 17.6 Å². The number of hydrogen-bond acceptors (Lipinski definition) is 7. The Morgan fingerprint density at radius 3 is 2.45 bits per heavy atom. The van der Waals surface area contributed by atoms with Gasteiger partial charge < -0.3 is 4.74 Å². The Bertz CT molecular complexity index is 748. The lowest BCUT2D eigenvalue weighted by molar-refractivity contribution is -0.145. The second-order valence-electron chi connectivity index (χ2n) is 5.02. The van der Waals surface area contributed by atoms with Crippen LogP contribution in [0.2, 0.25) is 0 Å². The Morgan fingerprint density at radius 1 is 1.23 bits per heavy atom. The maximum absolute atomic E-state index is 12.4. The van der Waals surface area contributed by atoms with Crippen LogP contribution in [0.3, 0.4) is 0 Å². The molecule has 0 radical (unpaired) electrons. The zero-order chi connectivity index (χ0) is 16.6. The Labute approximate surface area is 126 Å². The molecule has 1 aliphatic heterocycles. The van der Waals surface area contributed by atoms with Crippen molar-refractivity contribution in [3.05, 3.63) is 26.4 Å². The third kappa shape index (κ3) is 2.43. The van der Waals surface area contributed by atoms with Crippen LogP contribution < -0.4 is 21.7 Å². The smallest absolute Gasteiger partial charge is 0.332 e. The summed E-state index contributed by atoms with van der Waals surface area (Å²) < 4.78 is 6.97. The number of carbonyl (C=O) groups is 2. The Hall–Kier alpha value is -2.42. The molecular weight excluding hydrogens is 292 g/mol. The molecule has 0 saturated heterocycles. The normalized spacial score (nSPS) is 17.9. The number of aromatic nitrogens is 2. The van der Waals surface area contributed by atoms with E-state index in [1.165, 1.54) is 30.7 Å². The van der Waals surface area contributed by atoms with Crippen LogP contribution in [0, 0.1) is 0 Å². The number of rotatable bonds is 2. The van der Waals surface area contributed by atoms with Gasteiger partial charge in [-0.15, -0.1) is 0 Å². The second-order valence-corrected chi connectivity index (χ2v) is 5.02. The summed E-state index contributed by atoms with van der Waals surface area (Å²) in [6.07, 6.45) is -0.219. The highest BCUT2D eigenvalue weighted by molar-refractivity contribution is 6.03. The number of ketones is 1. The third-order valence-electron chi connectivity index (χ3n) is 3.54. The van der Waals surface area contributed by atoms with Crippen molar-refractivity contribution in [3.8, 4) is 0 Å². The summed E-state index contributed by atoms with van der Waals surface area (Å²) in [5.74, 6) is -0.969. The maximum Gasteiger partial charge on any atom is 0.332 e. The number of Topliss-reactive ketones (excluding diaryl/α,β-unsaturated/α-hetero) is 1. The molecule has 0 fully saturated rings. The van der Waals surface area contributed by atoms with Crippen LogP contribution in [-0.2, 0) is 23.6 Å². The monoisotopic (exact) mass is 310 g/mol. The van der Waals surface area contributed by atoms with Gasteiger partial charge in [0.2, 0.25) is 0 Å². The molecule has 0 aromatic carbocycles. The Morgan fingerprint density at radius 2 is 1.86 bits per heavy atom. The molecular formula is C13H18N4O5. The van der Waals surface area contributed by atoms with Crippen molar-refractivity contribution in [1.29, 1.82) is 0 Å². The Balaban J connectivity index is 2.60. The van der Waals surface area contributed by atoms with E-state index in [9.17, 15) is 19.2 Å². The summed E-state index contributed by atoms with van der Waals surface area (Å²) in [6.45, 7) is 1.84. The quantitative estimate of drug-likeness (QED) is 0.666. The lowest BCUT2D eigenvalue weighted by atomic mass is 10.1. The summed E-state index contributed by atoms with van der Waals surface area (Å²) in [4.78, 5) is 48.6. The average Bonchev–Trinajstić information content (AvgIpc) is 2.60. The van der Waals surface area contributed by atoms with Crippen LogP contribution in [0.4, 0.5) is 5.82 Å².